The molecule has 0 saturated carbocycles. The normalized spacial score (nSPS) is 18.3. The van der Waals surface area contributed by atoms with E-state index in [0.29, 0.717) is 70.1 Å². The number of nitrogens with zero attached hydrogens (tertiary/aromatic N) is 10. The molecular formula is C99H115Br4N11O24Rb4S. The van der Waals surface area contributed by atoms with Crippen LogP contribution in [0.5, 0.6) is 0 Å². The number of hydrogen-bond acceptors (Lipinski definition) is 25. The summed E-state index contributed by atoms with van der Waals surface area (Å²) >= 11 is 11.9. The van der Waals surface area contributed by atoms with Crippen LogP contribution in [0.3, 0.4) is 0 Å². The number of rotatable bonds is 29. The zero-order valence-electron chi connectivity index (χ0n) is 82.0. The van der Waals surface area contributed by atoms with Crippen LogP contribution in [-0.4, -0.2) is 266 Å². The number of sulfonamides is 1. The van der Waals surface area contributed by atoms with Crippen LogP contribution in [0.1, 0.15) is 86.9 Å². The Morgan fingerprint density at radius 2 is 0.734 bits per heavy atom. The second-order valence-corrected chi connectivity index (χ2v) is 35.9. The summed E-state index contributed by atoms with van der Waals surface area (Å²) in [6, 6.07) is 65.9. The molecule has 3 N–H and O–H groups in total. The van der Waals surface area contributed by atoms with Gasteiger partial charge >= 0.3 is 275 Å². The zero-order chi connectivity index (χ0) is 102. The Balaban J connectivity index is 0.000000549. The first-order valence-electron chi connectivity index (χ1n) is 44.1. The quantitative estimate of drug-likeness (QED) is 0.00687. The molecule has 44 heteroatoms. The Morgan fingerprint density at radius 1 is 0.455 bits per heavy atom. The summed E-state index contributed by atoms with van der Waals surface area (Å²) in [4.78, 5) is 161. The van der Waals surface area contributed by atoms with Crippen LogP contribution in [0.25, 0.3) is 10.4 Å². The Labute approximate surface area is 1060 Å². The molecular weight excluding hydrogens is 2420 g/mol. The first kappa shape index (κ1) is 134. The average molecular weight is 2540 g/mol. The number of aliphatic hydroxyl groups is 2. The van der Waals surface area contributed by atoms with Gasteiger partial charge in [-0.25, -0.2) is 77.6 Å². The van der Waals surface area contributed by atoms with Crippen molar-refractivity contribution in [2.75, 3.05) is 76.8 Å². The number of cyclic esters (lactones) is 7. The number of imide groups is 5. The Hall–Kier alpha value is -5.08. The maximum absolute atomic E-state index is 12.3. The van der Waals surface area contributed by atoms with Gasteiger partial charge in [0, 0.05) is 26.0 Å². The molecule has 0 unspecified atom stereocenters. The predicted molar refractivity (Wildman–Crippen MR) is 533 cm³/mol. The van der Waals surface area contributed by atoms with Gasteiger partial charge in [-0.15, -0.1) is 28.0 Å². The molecule has 12 amide bonds. The molecule has 7 saturated heterocycles. The second kappa shape index (κ2) is 74.0. The van der Waals surface area contributed by atoms with E-state index in [-0.39, 0.29) is 354 Å². The number of carbonyl (C=O) groups is 13. The minimum absolute atomic E-state index is 0. The van der Waals surface area contributed by atoms with Crippen LogP contribution in [0, 0.1) is 25.7 Å². The van der Waals surface area contributed by atoms with Crippen molar-refractivity contribution in [3.63, 3.8) is 0 Å². The summed E-state index contributed by atoms with van der Waals surface area (Å²) in [5, 5.41) is 22.3. The molecule has 10 atom stereocenters. The topological polar surface area (TPSA) is 445 Å². The van der Waals surface area contributed by atoms with E-state index >= 15 is 0 Å². The van der Waals surface area contributed by atoms with E-state index in [1.54, 1.807) is 78.8 Å². The molecule has 7 aliphatic heterocycles. The zero-order valence-corrected chi connectivity index (χ0v) is 109. The number of allylic oxidation sites excluding steroid dienone is 2. The van der Waals surface area contributed by atoms with Gasteiger partial charge in [0.15, 0.2) is 0 Å². The maximum Gasteiger partial charge on any atom is 1.00 e. The second-order valence-electron chi connectivity index (χ2n) is 31.1. The molecule has 748 valence electrons. The molecule has 0 bridgehead atoms. The van der Waals surface area contributed by atoms with Crippen molar-refractivity contribution >= 4 is 151 Å². The molecule has 7 aliphatic rings. The number of azide groups is 1. The third-order valence-electron chi connectivity index (χ3n) is 21.1. The predicted octanol–water partition coefficient (Wildman–Crippen LogP) is 3.95. The van der Waals surface area contributed by atoms with Crippen molar-refractivity contribution in [2.45, 2.75) is 152 Å². The number of nitrogens with one attached hydrogen (secondary N) is 1. The van der Waals surface area contributed by atoms with Gasteiger partial charge < -0.3 is 72.4 Å². The van der Waals surface area contributed by atoms with Crippen molar-refractivity contribution in [2.24, 2.45) is 5.11 Å². The Bertz CT molecular complexity index is 5200. The number of hydrogen-bond donors (Lipinski definition) is 3. The summed E-state index contributed by atoms with van der Waals surface area (Å²) in [6.45, 7) is 12.1. The Kier molecular flexibility index (Phi) is 69.3. The summed E-state index contributed by atoms with van der Waals surface area (Å²) in [7, 11) is -1.41. The summed E-state index contributed by atoms with van der Waals surface area (Å²) in [5.41, 5.74) is 16.2. The minimum atomic E-state index is -3.19. The molecule has 0 aliphatic carbocycles. The molecule has 0 radical (unpaired) electrons. The van der Waals surface area contributed by atoms with Gasteiger partial charge in [0.1, 0.15) is 46.2 Å². The van der Waals surface area contributed by atoms with E-state index < -0.39 is 69.4 Å². The number of benzene rings is 7. The summed E-state index contributed by atoms with van der Waals surface area (Å²) < 4.78 is 57.9. The smallest absolute Gasteiger partial charge is 0.578 e. The largest absolute Gasteiger partial charge is 1.00 e. The van der Waals surface area contributed by atoms with E-state index in [9.17, 15) is 75.9 Å². The van der Waals surface area contributed by atoms with Crippen molar-refractivity contribution in [1.29, 1.82) is 0 Å². The molecule has 7 aromatic rings. The van der Waals surface area contributed by atoms with Crippen LogP contribution in [0.4, 0.5) is 33.6 Å². The third kappa shape index (κ3) is 47.1. The third-order valence-corrected chi connectivity index (χ3v) is 24.8. The van der Waals surface area contributed by atoms with Gasteiger partial charge in [0.25, 0.3) is 5.91 Å². The minimum Gasteiger partial charge on any atom is -0.578 e. The van der Waals surface area contributed by atoms with Gasteiger partial charge in [-0.05, 0) is 134 Å². The van der Waals surface area contributed by atoms with Gasteiger partial charge in [0.05, 0.1) is 59.2 Å². The van der Waals surface area contributed by atoms with Crippen molar-refractivity contribution in [3.05, 3.63) is 312 Å². The fraction of sp³-hybridized carbons (Fsp3) is 0.364. The van der Waals surface area contributed by atoms with Crippen molar-refractivity contribution in [1.82, 2.24) is 39.0 Å². The van der Waals surface area contributed by atoms with Crippen LogP contribution in [0.2, 0.25) is 0 Å². The van der Waals surface area contributed by atoms with Gasteiger partial charge in [-0.1, -0.05) is 263 Å². The molecule has 0 spiro atoms. The monoisotopic (exact) mass is 2530 g/mol. The molecule has 143 heavy (non-hydrogen) atoms. The molecule has 7 aromatic carbocycles. The SMILES string of the molecule is C/C=C/C(=O)N1C(=O)OC[C@H]1Cc1ccccc1.CCC(=O)N1C(=O)OC[C@H]1Cc1ccccc1.CN1C(=O)OC[C@H]1Cc1ccccc1.C[CH-]/C=C(/O)N1C(=O)OC[C@H]1Cc1ccccc1.C[CH-][C@@H](Br)C(=O)N1C(=O)OC[C@H]1Cc1ccccc1.C[CH-][C@@H](CO)NS(C)(=O)=O.C[CH-][C@H](N=[N+]=[N-])C(=O)N1C(=O)OC[C@H]1Cc1ccccc1.O=C(Br)CBr.O=C(CBr)N1C(=O)OC[C@H]1Cc1ccccc1.[Rb+].[Rb+].[Rb+].[Rb+]. The molecule has 14 rings (SSSR count). The van der Waals surface area contributed by atoms with Crippen LogP contribution in [0.15, 0.2) is 242 Å². The summed E-state index contributed by atoms with van der Waals surface area (Å²) in [6.07, 6.45) is 13.2. The van der Waals surface area contributed by atoms with Crippen LogP contribution < -0.4 is 237 Å². The number of alkyl halides is 3. The van der Waals surface area contributed by atoms with E-state index in [1.165, 1.54) is 48.6 Å². The van der Waals surface area contributed by atoms with Crippen molar-refractivity contribution in [3.8, 4) is 0 Å². The number of amides is 12. The van der Waals surface area contributed by atoms with Crippen LogP contribution >= 0.6 is 63.7 Å². The van der Waals surface area contributed by atoms with Crippen molar-refractivity contribution < 1.29 is 347 Å². The standard InChI is InChI=1S/C14H15BrNO3.C14H15N4O3.C14H16NO3.C14H15NO3.C13H15NO3.C12H12BrNO3.C11H13NO2.C5H12NO3S.C2H2Br2O.4Rb/c1-2-12(15)13(17)16-11(9-19-14(16)18)8-10-6-4-3-5-7-10;1-2-12(16-17-15)13(19)18-11(9-21-14(18)20)8-10-6-4-3-5-7-10;2*1-2-6-13(16)15-12(10-18-14(15)17)9-11-7-4-3-5-8-11;1-2-12(15)14-11(9-17-13(14)16)8-10-6-4-3-5-7-10;13-7-11(15)14-10(8-17-12(14)16)6-9-4-2-1-3-5-9;1-12-10(8-14-11(12)13)7-9-5-3-2-4-6-9;1-3-5(4-7)6-10(2,8)9;3-1-2(4)5;;;;/h2-7,11-12H,8-9H2,1H3;2-7,11-12H,8-9H2,1H3;2-8,12,16H,9-10H2,1H3;2-8,12H,9-10H2,1H3;3-7,11H,2,8-9H2,1H3;1-5,10H,6-8H2;2-6,10H,7-8H2,1H3;3,5-7H,4H2,1-2H3;1H2;;;;/q3*-1;;;;;-1;;4*+1/b;;13-6+;6-2+;;;;;;;;;/t11-,12-;11-,12+;2*12-;11-;2*10-;5-;;;;;/m11111110...../s1. The Morgan fingerprint density at radius 3 is 0.993 bits per heavy atom. The van der Waals surface area contributed by atoms with E-state index in [1.807, 2.05) is 200 Å². The molecule has 35 nitrogen and oxygen atoms in total. The molecule has 0 aromatic heterocycles. The number of ether oxygens (including phenoxy) is 7. The van der Waals surface area contributed by atoms with Gasteiger partial charge in [-0.3, -0.25) is 28.8 Å². The van der Waals surface area contributed by atoms with Gasteiger partial charge in [0.2, 0.25) is 38.3 Å². The summed E-state index contributed by atoms with van der Waals surface area (Å²) in [5.74, 6) is -1.65. The van der Waals surface area contributed by atoms with Gasteiger partial charge in [-0.2, -0.15) is 26.8 Å². The van der Waals surface area contributed by atoms with E-state index in [4.69, 9.17) is 43.8 Å². The average Bonchev–Trinajstić information content (AvgIpc) is 1.67. The first-order valence-corrected chi connectivity index (χ1v) is 49.9. The number of aliphatic hydroxyl groups excluding tert-OH is 2. The fourth-order valence-corrected chi connectivity index (χ4v) is 15.5. The maximum atomic E-state index is 12.3. The molecule has 7 fully saturated rings. The number of likely N-dealkylation sites (N-methyl/N-ethyl adjacent to an activating group) is 1. The first-order chi connectivity index (χ1) is 66.7. The number of halogens is 4. The van der Waals surface area contributed by atoms with Crippen LogP contribution in [-0.2, 0) is 117 Å². The fourth-order valence-electron chi connectivity index (χ4n) is 14.2. The van der Waals surface area contributed by atoms with E-state index in [2.05, 4.69) is 90.6 Å². The number of carbonyl (C=O) groups excluding carboxylic acids is 13. The molecule has 7 heterocycles. The van der Waals surface area contributed by atoms with E-state index in [0.717, 1.165) is 51.0 Å².